The Hall–Kier alpha value is -2.32. The molecular formula is C16H16N2O2S. The lowest BCUT2D eigenvalue weighted by molar-refractivity contribution is 0.600. The third kappa shape index (κ3) is 3.06. The van der Waals surface area contributed by atoms with Crippen molar-refractivity contribution in [3.05, 3.63) is 58.7 Å². The Labute approximate surface area is 125 Å². The van der Waals surface area contributed by atoms with Crippen LogP contribution in [0.1, 0.15) is 22.3 Å². The van der Waals surface area contributed by atoms with Crippen LogP contribution in [0.3, 0.4) is 0 Å². The maximum Gasteiger partial charge on any atom is 0.262 e. The summed E-state index contributed by atoms with van der Waals surface area (Å²) in [5.41, 5.74) is 3.37. The second-order valence-electron chi connectivity index (χ2n) is 4.95. The number of nitrogens with one attached hydrogen (secondary N) is 1. The number of hydrogen-bond acceptors (Lipinski definition) is 3. The number of benzene rings is 2. The van der Waals surface area contributed by atoms with Crippen LogP contribution in [0.25, 0.3) is 0 Å². The van der Waals surface area contributed by atoms with Gasteiger partial charge in [0.05, 0.1) is 22.2 Å². The molecule has 2 rings (SSSR count). The number of rotatable bonds is 3. The molecule has 0 heterocycles. The number of aryl methyl sites for hydroxylation is 2. The van der Waals surface area contributed by atoms with Crippen molar-refractivity contribution in [2.75, 3.05) is 4.72 Å². The minimum atomic E-state index is -3.72. The fourth-order valence-electron chi connectivity index (χ4n) is 2.02. The minimum absolute atomic E-state index is 0.127. The molecule has 2 aromatic rings. The van der Waals surface area contributed by atoms with E-state index in [0.29, 0.717) is 16.8 Å². The molecule has 0 bridgehead atoms. The first-order chi connectivity index (χ1) is 9.85. The average Bonchev–Trinajstić information content (AvgIpc) is 2.44. The van der Waals surface area contributed by atoms with E-state index in [1.807, 2.05) is 26.0 Å². The number of anilines is 1. The van der Waals surface area contributed by atoms with Gasteiger partial charge in [-0.1, -0.05) is 18.2 Å². The van der Waals surface area contributed by atoms with Crippen molar-refractivity contribution >= 4 is 15.7 Å². The van der Waals surface area contributed by atoms with Crippen molar-refractivity contribution in [2.45, 2.75) is 25.7 Å². The van der Waals surface area contributed by atoms with Gasteiger partial charge in [-0.2, -0.15) is 5.26 Å². The third-order valence-corrected chi connectivity index (χ3v) is 4.96. The van der Waals surface area contributed by atoms with Crippen LogP contribution >= 0.6 is 0 Å². The first-order valence-electron chi connectivity index (χ1n) is 6.45. The predicted octanol–water partition coefficient (Wildman–Crippen LogP) is 3.28. The molecule has 0 saturated carbocycles. The van der Waals surface area contributed by atoms with Crippen molar-refractivity contribution in [1.29, 1.82) is 5.26 Å². The van der Waals surface area contributed by atoms with Gasteiger partial charge in [0.25, 0.3) is 10.0 Å². The van der Waals surface area contributed by atoms with E-state index < -0.39 is 10.0 Å². The highest BCUT2D eigenvalue weighted by Gasteiger charge is 2.18. The molecule has 0 unspecified atom stereocenters. The molecule has 0 aliphatic heterocycles. The predicted molar refractivity (Wildman–Crippen MR) is 82.6 cm³/mol. The summed E-state index contributed by atoms with van der Waals surface area (Å²) in [7, 11) is -3.72. The second kappa shape index (κ2) is 5.58. The van der Waals surface area contributed by atoms with E-state index in [1.165, 1.54) is 6.07 Å². The van der Waals surface area contributed by atoms with Crippen LogP contribution in [0.4, 0.5) is 5.69 Å². The highest BCUT2D eigenvalue weighted by molar-refractivity contribution is 7.92. The summed E-state index contributed by atoms with van der Waals surface area (Å²) in [6, 6.07) is 12.0. The van der Waals surface area contributed by atoms with Crippen molar-refractivity contribution < 1.29 is 8.42 Å². The van der Waals surface area contributed by atoms with Crippen molar-refractivity contribution in [2.24, 2.45) is 0 Å². The quantitative estimate of drug-likeness (QED) is 0.945. The Balaban J connectivity index is 2.49. The molecular weight excluding hydrogens is 284 g/mol. The lowest BCUT2D eigenvalue weighted by Crippen LogP contribution is -2.15. The molecule has 0 atom stereocenters. The van der Waals surface area contributed by atoms with Gasteiger partial charge in [0.2, 0.25) is 0 Å². The van der Waals surface area contributed by atoms with Gasteiger partial charge in [-0.25, -0.2) is 8.42 Å². The van der Waals surface area contributed by atoms with Crippen molar-refractivity contribution in [3.8, 4) is 6.07 Å². The fourth-order valence-corrected chi connectivity index (χ4v) is 3.42. The van der Waals surface area contributed by atoms with E-state index in [2.05, 4.69) is 4.72 Å². The van der Waals surface area contributed by atoms with Gasteiger partial charge in [0.1, 0.15) is 0 Å². The molecule has 0 spiro atoms. The Morgan fingerprint density at radius 3 is 2.43 bits per heavy atom. The summed E-state index contributed by atoms with van der Waals surface area (Å²) < 4.78 is 27.7. The Bertz CT molecular complexity index is 834. The molecule has 21 heavy (non-hydrogen) atoms. The molecule has 108 valence electrons. The molecule has 2 aromatic carbocycles. The minimum Gasteiger partial charge on any atom is -0.279 e. The zero-order valence-electron chi connectivity index (χ0n) is 12.1. The smallest absolute Gasteiger partial charge is 0.262 e. The largest absolute Gasteiger partial charge is 0.279 e. The Kier molecular flexibility index (Phi) is 4.01. The number of nitriles is 1. The van der Waals surface area contributed by atoms with E-state index in [9.17, 15) is 8.42 Å². The summed E-state index contributed by atoms with van der Waals surface area (Å²) >= 11 is 0. The lowest BCUT2D eigenvalue weighted by Gasteiger charge is -2.13. The van der Waals surface area contributed by atoms with Gasteiger partial charge >= 0.3 is 0 Å². The summed E-state index contributed by atoms with van der Waals surface area (Å²) in [4.78, 5) is 0.127. The summed E-state index contributed by atoms with van der Waals surface area (Å²) in [5.74, 6) is 0. The van der Waals surface area contributed by atoms with Crippen LogP contribution in [0, 0.1) is 32.1 Å². The molecule has 0 aliphatic carbocycles. The molecule has 0 saturated heterocycles. The molecule has 0 aliphatic rings. The summed E-state index contributed by atoms with van der Waals surface area (Å²) in [5, 5.41) is 8.92. The summed E-state index contributed by atoms with van der Waals surface area (Å²) in [6.07, 6.45) is 0. The fraction of sp³-hybridized carbons (Fsp3) is 0.188. The van der Waals surface area contributed by atoms with Gasteiger partial charge in [0.15, 0.2) is 0 Å². The third-order valence-electron chi connectivity index (χ3n) is 3.46. The normalized spacial score (nSPS) is 11.0. The average molecular weight is 300 g/mol. The SMILES string of the molecule is Cc1ccc(C#N)cc1S(=O)(=O)Nc1cccc(C)c1C. The van der Waals surface area contributed by atoms with Crippen LogP contribution < -0.4 is 4.72 Å². The van der Waals surface area contributed by atoms with Crippen molar-refractivity contribution in [1.82, 2.24) is 0 Å². The number of nitrogens with zero attached hydrogens (tertiary/aromatic N) is 1. The van der Waals surface area contributed by atoms with E-state index in [-0.39, 0.29) is 4.90 Å². The molecule has 0 amide bonds. The maximum atomic E-state index is 12.5. The van der Waals surface area contributed by atoms with Crippen LogP contribution in [0.5, 0.6) is 0 Å². The molecule has 5 heteroatoms. The first-order valence-corrected chi connectivity index (χ1v) is 7.93. The van der Waals surface area contributed by atoms with Crippen LogP contribution in [-0.2, 0) is 10.0 Å². The van der Waals surface area contributed by atoms with E-state index in [1.54, 1.807) is 31.2 Å². The van der Waals surface area contributed by atoms with E-state index in [4.69, 9.17) is 5.26 Å². The maximum absolute atomic E-state index is 12.5. The molecule has 1 N–H and O–H groups in total. The van der Waals surface area contributed by atoms with E-state index >= 15 is 0 Å². The Morgan fingerprint density at radius 2 is 1.76 bits per heavy atom. The molecule has 0 aromatic heterocycles. The van der Waals surface area contributed by atoms with Gasteiger partial charge in [0, 0.05) is 0 Å². The van der Waals surface area contributed by atoms with Crippen molar-refractivity contribution in [3.63, 3.8) is 0 Å². The number of sulfonamides is 1. The monoisotopic (exact) mass is 300 g/mol. The zero-order valence-corrected chi connectivity index (χ0v) is 13.0. The van der Waals surface area contributed by atoms with Gasteiger partial charge in [-0.3, -0.25) is 4.72 Å². The molecule has 0 fully saturated rings. The first kappa shape index (κ1) is 15.1. The summed E-state index contributed by atoms with van der Waals surface area (Å²) in [6.45, 7) is 5.50. The molecule has 4 nitrogen and oxygen atoms in total. The topological polar surface area (TPSA) is 70.0 Å². The number of hydrogen-bond donors (Lipinski definition) is 1. The highest BCUT2D eigenvalue weighted by Crippen LogP contribution is 2.24. The van der Waals surface area contributed by atoms with Crippen LogP contribution in [-0.4, -0.2) is 8.42 Å². The van der Waals surface area contributed by atoms with E-state index in [0.717, 1.165) is 11.1 Å². The Morgan fingerprint density at radius 1 is 1.05 bits per heavy atom. The second-order valence-corrected chi connectivity index (χ2v) is 6.60. The lowest BCUT2D eigenvalue weighted by atomic mass is 10.1. The zero-order chi connectivity index (χ0) is 15.6. The standard InChI is InChI=1S/C16H16N2O2S/c1-11-5-4-6-15(13(11)3)18-21(19,20)16-9-14(10-17)8-7-12(16)2/h4-9,18H,1-3H3. The van der Waals surface area contributed by atoms with Gasteiger partial charge in [-0.15, -0.1) is 0 Å². The van der Waals surface area contributed by atoms with Crippen LogP contribution in [0.2, 0.25) is 0 Å². The van der Waals surface area contributed by atoms with Crippen LogP contribution in [0.15, 0.2) is 41.3 Å². The molecule has 0 radical (unpaired) electrons. The highest BCUT2D eigenvalue weighted by atomic mass is 32.2. The van der Waals surface area contributed by atoms with Gasteiger partial charge in [-0.05, 0) is 55.7 Å². The van der Waals surface area contributed by atoms with Gasteiger partial charge < -0.3 is 0 Å².